The Morgan fingerprint density at radius 2 is 2.23 bits per heavy atom. The maximum atomic E-state index is 4.13. The second-order valence-corrected chi connectivity index (χ2v) is 3.26. The number of pyridine rings is 1. The van der Waals surface area contributed by atoms with Gasteiger partial charge in [0.2, 0.25) is 0 Å². The van der Waals surface area contributed by atoms with Gasteiger partial charge in [0, 0.05) is 18.3 Å². The molecule has 13 heavy (non-hydrogen) atoms. The quantitative estimate of drug-likeness (QED) is 0.592. The molecule has 66 valence electrons. The van der Waals surface area contributed by atoms with Crippen molar-refractivity contribution in [2.75, 3.05) is 0 Å². The van der Waals surface area contributed by atoms with E-state index in [9.17, 15) is 0 Å². The monoisotopic (exact) mass is 171 g/mol. The highest BCUT2D eigenvalue weighted by Crippen LogP contribution is 2.22. The van der Waals surface area contributed by atoms with Crippen molar-refractivity contribution in [2.24, 2.45) is 0 Å². The summed E-state index contributed by atoms with van der Waals surface area (Å²) in [6, 6.07) is 4.14. The van der Waals surface area contributed by atoms with Crippen molar-refractivity contribution in [2.45, 2.75) is 18.8 Å². The Labute approximate surface area is 78.8 Å². The van der Waals surface area contributed by atoms with E-state index in [-0.39, 0.29) is 0 Å². The molecule has 1 heterocycles. The second-order valence-electron chi connectivity index (χ2n) is 3.26. The molecule has 1 nitrogen and oxygen atoms in total. The molecule has 2 rings (SSSR count). The van der Waals surface area contributed by atoms with Gasteiger partial charge in [0.1, 0.15) is 0 Å². The van der Waals surface area contributed by atoms with Crippen molar-refractivity contribution in [3.05, 3.63) is 54.4 Å². The van der Waals surface area contributed by atoms with Crippen LogP contribution in [0.5, 0.6) is 0 Å². The van der Waals surface area contributed by atoms with Crippen LogP contribution in [0.3, 0.4) is 0 Å². The fourth-order valence-electron chi connectivity index (χ4n) is 1.58. The summed E-state index contributed by atoms with van der Waals surface area (Å²) in [7, 11) is 0. The summed E-state index contributed by atoms with van der Waals surface area (Å²) in [6.45, 7) is 0. The van der Waals surface area contributed by atoms with Crippen LogP contribution in [0, 0.1) is 0 Å². The van der Waals surface area contributed by atoms with E-state index in [1.54, 1.807) is 0 Å². The van der Waals surface area contributed by atoms with Gasteiger partial charge in [0.25, 0.3) is 0 Å². The standard InChI is InChI=1S/C12H13N/c1-2-4-7-11(6-3-1)12-8-5-9-13-10-12/h1,3-5,7-11H,2,6H2. The average molecular weight is 171 g/mol. The van der Waals surface area contributed by atoms with Gasteiger partial charge in [-0.05, 0) is 24.5 Å². The summed E-state index contributed by atoms with van der Waals surface area (Å²) in [4.78, 5) is 4.13. The lowest BCUT2D eigenvalue weighted by Gasteiger charge is -2.08. The Kier molecular flexibility index (Phi) is 2.56. The Hall–Kier alpha value is -1.37. The fourth-order valence-corrected chi connectivity index (χ4v) is 1.58. The smallest absolute Gasteiger partial charge is 0.0305 e. The highest BCUT2D eigenvalue weighted by molar-refractivity contribution is 5.23. The topological polar surface area (TPSA) is 12.9 Å². The molecule has 1 aromatic heterocycles. The van der Waals surface area contributed by atoms with E-state index in [1.807, 2.05) is 18.5 Å². The van der Waals surface area contributed by atoms with Crippen molar-refractivity contribution < 1.29 is 0 Å². The predicted octanol–water partition coefficient (Wildman–Crippen LogP) is 3.07. The Bertz CT molecular complexity index is 311. The van der Waals surface area contributed by atoms with Gasteiger partial charge >= 0.3 is 0 Å². The zero-order valence-electron chi connectivity index (χ0n) is 7.56. The third-order valence-corrected chi connectivity index (χ3v) is 2.31. The van der Waals surface area contributed by atoms with Crippen LogP contribution in [0.2, 0.25) is 0 Å². The minimum Gasteiger partial charge on any atom is -0.264 e. The van der Waals surface area contributed by atoms with E-state index in [2.05, 4.69) is 35.4 Å². The minimum absolute atomic E-state index is 0.521. The van der Waals surface area contributed by atoms with Crippen LogP contribution in [0.4, 0.5) is 0 Å². The molecule has 1 heteroatoms. The molecule has 0 saturated heterocycles. The first kappa shape index (κ1) is 8.24. The molecule has 1 aromatic rings. The van der Waals surface area contributed by atoms with Gasteiger partial charge in [-0.15, -0.1) is 0 Å². The molecule has 0 N–H and O–H groups in total. The van der Waals surface area contributed by atoms with E-state index in [0.717, 1.165) is 12.8 Å². The van der Waals surface area contributed by atoms with Gasteiger partial charge in [0.15, 0.2) is 0 Å². The van der Waals surface area contributed by atoms with Crippen molar-refractivity contribution in [3.8, 4) is 0 Å². The molecule has 0 aromatic carbocycles. The van der Waals surface area contributed by atoms with Gasteiger partial charge in [-0.2, -0.15) is 0 Å². The lowest BCUT2D eigenvalue weighted by atomic mass is 9.98. The molecular formula is C12H13N. The zero-order chi connectivity index (χ0) is 8.93. The van der Waals surface area contributed by atoms with Crippen molar-refractivity contribution in [3.63, 3.8) is 0 Å². The third-order valence-electron chi connectivity index (χ3n) is 2.31. The lowest BCUT2D eigenvalue weighted by molar-refractivity contribution is 0.859. The van der Waals surface area contributed by atoms with Gasteiger partial charge in [-0.25, -0.2) is 0 Å². The summed E-state index contributed by atoms with van der Waals surface area (Å²) in [5, 5.41) is 0. The molecule has 0 radical (unpaired) electrons. The first-order chi connectivity index (χ1) is 6.47. The maximum Gasteiger partial charge on any atom is 0.0305 e. The number of aromatic nitrogens is 1. The highest BCUT2D eigenvalue weighted by Gasteiger charge is 2.06. The SMILES string of the molecule is C1=CCC(c2cccnc2)C=CC1. The van der Waals surface area contributed by atoms with Gasteiger partial charge < -0.3 is 0 Å². The second kappa shape index (κ2) is 4.04. The normalized spacial score (nSPS) is 21.4. The molecule has 1 aliphatic carbocycles. The molecule has 1 unspecified atom stereocenters. The van der Waals surface area contributed by atoms with Crippen LogP contribution in [-0.4, -0.2) is 4.98 Å². The molecule has 0 saturated carbocycles. The van der Waals surface area contributed by atoms with Crippen LogP contribution in [0.15, 0.2) is 48.8 Å². The molecule has 1 aliphatic rings. The number of hydrogen-bond donors (Lipinski definition) is 0. The van der Waals surface area contributed by atoms with E-state index >= 15 is 0 Å². The van der Waals surface area contributed by atoms with Crippen molar-refractivity contribution in [1.29, 1.82) is 0 Å². The summed E-state index contributed by atoms with van der Waals surface area (Å²) in [5.41, 5.74) is 1.31. The Balaban J connectivity index is 2.21. The van der Waals surface area contributed by atoms with E-state index in [1.165, 1.54) is 5.56 Å². The van der Waals surface area contributed by atoms with Gasteiger partial charge in [0.05, 0.1) is 0 Å². The first-order valence-electron chi connectivity index (χ1n) is 4.68. The van der Waals surface area contributed by atoms with Gasteiger partial charge in [-0.3, -0.25) is 4.98 Å². The minimum atomic E-state index is 0.521. The molecule has 0 spiro atoms. The molecule has 0 bridgehead atoms. The van der Waals surface area contributed by atoms with E-state index in [0.29, 0.717) is 5.92 Å². The summed E-state index contributed by atoms with van der Waals surface area (Å²) in [6.07, 6.45) is 14.9. The number of allylic oxidation sites excluding steroid dienone is 4. The fraction of sp³-hybridized carbons (Fsp3) is 0.250. The van der Waals surface area contributed by atoms with Crippen LogP contribution >= 0.6 is 0 Å². The van der Waals surface area contributed by atoms with E-state index < -0.39 is 0 Å². The molecule has 0 aliphatic heterocycles. The number of rotatable bonds is 1. The Morgan fingerprint density at radius 3 is 3.08 bits per heavy atom. The van der Waals surface area contributed by atoms with Crippen LogP contribution in [0.1, 0.15) is 24.3 Å². The van der Waals surface area contributed by atoms with Crippen molar-refractivity contribution in [1.82, 2.24) is 4.98 Å². The largest absolute Gasteiger partial charge is 0.264 e. The summed E-state index contributed by atoms with van der Waals surface area (Å²) >= 11 is 0. The van der Waals surface area contributed by atoms with Gasteiger partial charge in [-0.1, -0.05) is 30.4 Å². The van der Waals surface area contributed by atoms with Crippen LogP contribution in [0.25, 0.3) is 0 Å². The Morgan fingerprint density at radius 1 is 1.23 bits per heavy atom. The first-order valence-corrected chi connectivity index (χ1v) is 4.68. The molecule has 1 atom stereocenters. The molecule has 0 fully saturated rings. The predicted molar refractivity (Wildman–Crippen MR) is 54.5 cm³/mol. The number of nitrogens with zero attached hydrogens (tertiary/aromatic N) is 1. The van der Waals surface area contributed by atoms with Crippen LogP contribution in [-0.2, 0) is 0 Å². The molecule has 0 amide bonds. The third kappa shape index (κ3) is 2.05. The highest BCUT2D eigenvalue weighted by atomic mass is 14.6. The maximum absolute atomic E-state index is 4.13. The molecular weight excluding hydrogens is 158 g/mol. The van der Waals surface area contributed by atoms with Crippen LogP contribution < -0.4 is 0 Å². The zero-order valence-corrected chi connectivity index (χ0v) is 7.56. The lowest BCUT2D eigenvalue weighted by Crippen LogP contribution is -1.93. The average Bonchev–Trinajstić information content (AvgIpc) is 2.47. The summed E-state index contributed by atoms with van der Waals surface area (Å²) < 4.78 is 0. The van der Waals surface area contributed by atoms with Crippen molar-refractivity contribution >= 4 is 0 Å². The summed E-state index contributed by atoms with van der Waals surface area (Å²) in [5.74, 6) is 0.521. The van der Waals surface area contributed by atoms with E-state index in [4.69, 9.17) is 0 Å². The number of hydrogen-bond acceptors (Lipinski definition) is 1.